The lowest BCUT2D eigenvalue weighted by atomic mass is 9.99. The lowest BCUT2D eigenvalue weighted by molar-refractivity contribution is 0.209. The second-order valence-electron chi connectivity index (χ2n) is 3.29. The van der Waals surface area contributed by atoms with E-state index in [2.05, 4.69) is 15.8 Å². The topological polar surface area (TPSA) is 87.4 Å². The van der Waals surface area contributed by atoms with Crippen molar-refractivity contribution >= 4 is 11.8 Å². The van der Waals surface area contributed by atoms with Gasteiger partial charge in [-0.15, -0.1) is 0 Å². The minimum absolute atomic E-state index is 0.234. The zero-order chi connectivity index (χ0) is 10.1. The fourth-order valence-corrected chi connectivity index (χ4v) is 1.40. The monoisotopic (exact) mass is 197 g/mol. The first-order chi connectivity index (χ1) is 6.68. The van der Waals surface area contributed by atoms with E-state index in [0.29, 0.717) is 17.1 Å². The molecular weight excluding hydrogens is 186 g/mol. The molecule has 0 spiro atoms. The third kappa shape index (κ3) is 1.44. The summed E-state index contributed by atoms with van der Waals surface area (Å²) in [5.74, 6) is 0.863. The third-order valence-electron chi connectivity index (χ3n) is 2.27. The minimum Gasteiger partial charge on any atom is -0.465 e. The third-order valence-corrected chi connectivity index (χ3v) is 2.27. The number of nitrogens with one attached hydrogen (secondary N) is 2. The van der Waals surface area contributed by atoms with Gasteiger partial charge in [0.15, 0.2) is 5.76 Å². The highest BCUT2D eigenvalue weighted by molar-refractivity contribution is 5.84. The van der Waals surface area contributed by atoms with Gasteiger partial charge < -0.3 is 14.9 Å². The average molecular weight is 197 g/mol. The summed E-state index contributed by atoms with van der Waals surface area (Å²) in [4.78, 5) is 10.5. The first-order valence-corrected chi connectivity index (χ1v) is 4.35. The Morgan fingerprint density at radius 3 is 2.93 bits per heavy atom. The molecule has 14 heavy (non-hydrogen) atoms. The zero-order valence-corrected chi connectivity index (χ0v) is 7.70. The van der Waals surface area contributed by atoms with Crippen LogP contribution in [0.5, 0.6) is 0 Å². The van der Waals surface area contributed by atoms with Crippen LogP contribution in [0.1, 0.15) is 17.4 Å². The molecule has 0 saturated carbocycles. The molecule has 3 N–H and O–H groups in total. The van der Waals surface area contributed by atoms with Crippen LogP contribution >= 0.6 is 0 Å². The standard InChI is InChI=1S/C8H11N3O3/c1-4-6(10-8(12)13)7(14-11-4)5-2-9-3-5/h5,9-10H,2-3H2,1H3,(H,12,13). The molecule has 1 amide bonds. The predicted octanol–water partition coefficient (Wildman–Crippen LogP) is 0.760. The Balaban J connectivity index is 2.25. The van der Waals surface area contributed by atoms with E-state index in [0.717, 1.165) is 13.1 Å². The number of carboxylic acid groups (broad SMARTS) is 1. The Hall–Kier alpha value is -1.56. The van der Waals surface area contributed by atoms with Gasteiger partial charge in [0, 0.05) is 19.0 Å². The summed E-state index contributed by atoms with van der Waals surface area (Å²) < 4.78 is 5.08. The molecular formula is C8H11N3O3. The highest BCUT2D eigenvalue weighted by Gasteiger charge is 2.28. The number of anilines is 1. The quantitative estimate of drug-likeness (QED) is 0.651. The first-order valence-electron chi connectivity index (χ1n) is 4.35. The van der Waals surface area contributed by atoms with Crippen LogP contribution in [-0.2, 0) is 0 Å². The fraction of sp³-hybridized carbons (Fsp3) is 0.500. The number of aryl methyl sites for hydroxylation is 1. The Kier molecular flexibility index (Phi) is 2.12. The van der Waals surface area contributed by atoms with Gasteiger partial charge in [-0.1, -0.05) is 5.16 Å². The van der Waals surface area contributed by atoms with Gasteiger partial charge in [0.1, 0.15) is 11.4 Å². The number of amides is 1. The van der Waals surface area contributed by atoms with Crippen molar-refractivity contribution in [2.45, 2.75) is 12.8 Å². The maximum atomic E-state index is 10.5. The molecule has 0 radical (unpaired) electrons. The Labute approximate surface area is 80.3 Å². The van der Waals surface area contributed by atoms with Crippen LogP contribution < -0.4 is 10.6 Å². The van der Waals surface area contributed by atoms with Gasteiger partial charge in [0.05, 0.1) is 0 Å². The van der Waals surface area contributed by atoms with Gasteiger partial charge in [-0.3, -0.25) is 5.32 Å². The number of aromatic nitrogens is 1. The first kappa shape index (κ1) is 9.01. The van der Waals surface area contributed by atoms with Crippen molar-refractivity contribution in [2.24, 2.45) is 0 Å². The van der Waals surface area contributed by atoms with Crippen molar-refractivity contribution in [3.8, 4) is 0 Å². The lowest BCUT2D eigenvalue weighted by Gasteiger charge is -2.25. The molecule has 0 bridgehead atoms. The van der Waals surface area contributed by atoms with E-state index in [-0.39, 0.29) is 5.92 Å². The van der Waals surface area contributed by atoms with Crippen LogP contribution in [0.15, 0.2) is 4.52 Å². The van der Waals surface area contributed by atoms with Crippen molar-refractivity contribution in [1.29, 1.82) is 0 Å². The lowest BCUT2D eigenvalue weighted by Crippen LogP contribution is -2.40. The summed E-state index contributed by atoms with van der Waals surface area (Å²) >= 11 is 0. The summed E-state index contributed by atoms with van der Waals surface area (Å²) in [5, 5.41) is 17.7. The van der Waals surface area contributed by atoms with E-state index in [1.54, 1.807) is 6.92 Å². The van der Waals surface area contributed by atoms with E-state index >= 15 is 0 Å². The van der Waals surface area contributed by atoms with Crippen LogP contribution in [-0.4, -0.2) is 29.4 Å². The van der Waals surface area contributed by atoms with Crippen LogP contribution in [0.2, 0.25) is 0 Å². The SMILES string of the molecule is Cc1noc(C2CNC2)c1NC(=O)O. The van der Waals surface area contributed by atoms with Gasteiger partial charge in [-0.05, 0) is 6.92 Å². The highest BCUT2D eigenvalue weighted by Crippen LogP contribution is 2.29. The van der Waals surface area contributed by atoms with Crippen LogP contribution in [0.4, 0.5) is 10.5 Å². The van der Waals surface area contributed by atoms with E-state index < -0.39 is 6.09 Å². The van der Waals surface area contributed by atoms with Crippen molar-refractivity contribution in [2.75, 3.05) is 18.4 Å². The van der Waals surface area contributed by atoms with Gasteiger partial charge in [0.2, 0.25) is 0 Å². The highest BCUT2D eigenvalue weighted by atomic mass is 16.5. The largest absolute Gasteiger partial charge is 0.465 e. The second-order valence-corrected chi connectivity index (χ2v) is 3.29. The molecule has 0 aliphatic carbocycles. The van der Waals surface area contributed by atoms with E-state index in [1.165, 1.54) is 0 Å². The molecule has 1 fully saturated rings. The number of rotatable bonds is 2. The molecule has 76 valence electrons. The van der Waals surface area contributed by atoms with Crippen molar-refractivity contribution in [3.05, 3.63) is 11.5 Å². The molecule has 6 nitrogen and oxygen atoms in total. The second kappa shape index (κ2) is 3.30. The van der Waals surface area contributed by atoms with Crippen LogP contribution in [0.25, 0.3) is 0 Å². The summed E-state index contributed by atoms with van der Waals surface area (Å²) in [6.45, 7) is 3.33. The van der Waals surface area contributed by atoms with Gasteiger partial charge in [-0.2, -0.15) is 0 Å². The number of hydrogen-bond donors (Lipinski definition) is 3. The number of carbonyl (C=O) groups is 1. The Morgan fingerprint density at radius 1 is 1.71 bits per heavy atom. The fourth-order valence-electron chi connectivity index (χ4n) is 1.40. The smallest absolute Gasteiger partial charge is 0.409 e. The maximum absolute atomic E-state index is 10.5. The van der Waals surface area contributed by atoms with E-state index in [9.17, 15) is 4.79 Å². The van der Waals surface area contributed by atoms with Crippen LogP contribution in [0, 0.1) is 6.92 Å². The summed E-state index contributed by atoms with van der Waals surface area (Å²) in [5.41, 5.74) is 1.07. The van der Waals surface area contributed by atoms with Crippen molar-refractivity contribution < 1.29 is 14.4 Å². The molecule has 1 aliphatic heterocycles. The van der Waals surface area contributed by atoms with Crippen molar-refractivity contribution in [3.63, 3.8) is 0 Å². The summed E-state index contributed by atoms with van der Waals surface area (Å²) in [6.07, 6.45) is -1.09. The summed E-state index contributed by atoms with van der Waals surface area (Å²) in [6, 6.07) is 0. The van der Waals surface area contributed by atoms with Crippen molar-refractivity contribution in [1.82, 2.24) is 10.5 Å². The molecule has 0 aromatic carbocycles. The molecule has 0 atom stereocenters. The Morgan fingerprint density at radius 2 is 2.43 bits per heavy atom. The molecule has 1 aromatic heterocycles. The van der Waals surface area contributed by atoms with Gasteiger partial charge in [-0.25, -0.2) is 4.79 Å². The molecule has 1 aromatic rings. The molecule has 1 aliphatic rings. The predicted molar refractivity (Wildman–Crippen MR) is 48.5 cm³/mol. The van der Waals surface area contributed by atoms with Gasteiger partial charge in [0.25, 0.3) is 0 Å². The normalized spacial score (nSPS) is 16.4. The zero-order valence-electron chi connectivity index (χ0n) is 7.70. The molecule has 6 heteroatoms. The minimum atomic E-state index is -1.09. The summed E-state index contributed by atoms with van der Waals surface area (Å²) in [7, 11) is 0. The number of hydrogen-bond acceptors (Lipinski definition) is 4. The molecule has 2 rings (SSSR count). The molecule has 0 unspecified atom stereocenters. The van der Waals surface area contributed by atoms with E-state index in [4.69, 9.17) is 9.63 Å². The van der Waals surface area contributed by atoms with E-state index in [1.807, 2.05) is 0 Å². The number of nitrogens with zero attached hydrogens (tertiary/aromatic N) is 1. The van der Waals surface area contributed by atoms with Crippen LogP contribution in [0.3, 0.4) is 0 Å². The average Bonchev–Trinajstić information content (AvgIpc) is 2.32. The maximum Gasteiger partial charge on any atom is 0.409 e. The van der Waals surface area contributed by atoms with Gasteiger partial charge >= 0.3 is 6.09 Å². The Bertz CT molecular complexity index is 357. The molecule has 2 heterocycles. The molecule has 1 saturated heterocycles.